The van der Waals surface area contributed by atoms with Gasteiger partial charge in [-0.15, -0.1) is 0 Å². The van der Waals surface area contributed by atoms with Crippen LogP contribution >= 0.6 is 0 Å². The zero-order valence-electron chi connectivity index (χ0n) is 12.0. The first kappa shape index (κ1) is 15.3. The van der Waals surface area contributed by atoms with Crippen LogP contribution in [0.5, 0.6) is 0 Å². The van der Waals surface area contributed by atoms with Gasteiger partial charge in [-0.05, 0) is 38.8 Å². The molecule has 6 heteroatoms. The van der Waals surface area contributed by atoms with Gasteiger partial charge in [-0.1, -0.05) is 0 Å². The molecule has 0 saturated carbocycles. The third kappa shape index (κ3) is 4.76. The van der Waals surface area contributed by atoms with Crippen LogP contribution in [0.1, 0.15) is 25.7 Å². The predicted molar refractivity (Wildman–Crippen MR) is 77.2 cm³/mol. The number of piperidine rings is 2. The number of carbonyl (C=O) groups excluding carboxylic acids is 2. The molecular weight excluding hydrogens is 256 g/mol. The van der Waals surface area contributed by atoms with Crippen LogP contribution < -0.4 is 21.3 Å². The summed E-state index contributed by atoms with van der Waals surface area (Å²) in [6.07, 6.45) is 4.03. The molecule has 2 saturated heterocycles. The third-order valence-electron chi connectivity index (χ3n) is 4.06. The zero-order chi connectivity index (χ0) is 14.2. The van der Waals surface area contributed by atoms with E-state index in [1.165, 1.54) is 0 Å². The van der Waals surface area contributed by atoms with Gasteiger partial charge in [0.05, 0.1) is 11.8 Å². The highest BCUT2D eigenvalue weighted by Crippen LogP contribution is 2.10. The van der Waals surface area contributed by atoms with Crippen LogP contribution in [0.15, 0.2) is 0 Å². The quantitative estimate of drug-likeness (QED) is 0.499. The van der Waals surface area contributed by atoms with Crippen LogP contribution in [0, 0.1) is 11.8 Å². The molecule has 0 aromatic heterocycles. The molecule has 0 aliphatic carbocycles. The Hall–Kier alpha value is -1.14. The molecular formula is C14H26N4O2. The first-order valence-corrected chi connectivity index (χ1v) is 7.74. The lowest BCUT2D eigenvalue weighted by molar-refractivity contribution is -0.127. The van der Waals surface area contributed by atoms with Gasteiger partial charge >= 0.3 is 0 Å². The lowest BCUT2D eigenvalue weighted by Crippen LogP contribution is -2.45. The molecule has 2 atom stereocenters. The van der Waals surface area contributed by atoms with Crippen LogP contribution in [0.25, 0.3) is 0 Å². The fraction of sp³-hybridized carbons (Fsp3) is 0.857. The maximum atomic E-state index is 11.9. The van der Waals surface area contributed by atoms with Crippen molar-refractivity contribution < 1.29 is 9.59 Å². The van der Waals surface area contributed by atoms with E-state index in [2.05, 4.69) is 21.3 Å². The topological polar surface area (TPSA) is 82.3 Å². The lowest BCUT2D eigenvalue weighted by atomic mass is 9.98. The monoisotopic (exact) mass is 282 g/mol. The van der Waals surface area contributed by atoms with Gasteiger partial charge in [-0.3, -0.25) is 9.59 Å². The Balaban J connectivity index is 1.56. The predicted octanol–water partition coefficient (Wildman–Crippen LogP) is -0.782. The minimum atomic E-state index is 0.0852. The smallest absolute Gasteiger partial charge is 0.224 e. The number of carbonyl (C=O) groups is 2. The number of hydrogen-bond donors (Lipinski definition) is 4. The van der Waals surface area contributed by atoms with E-state index >= 15 is 0 Å². The van der Waals surface area contributed by atoms with Crippen molar-refractivity contribution in [2.45, 2.75) is 25.7 Å². The van der Waals surface area contributed by atoms with Gasteiger partial charge in [0.15, 0.2) is 0 Å². The maximum Gasteiger partial charge on any atom is 0.224 e. The average molecular weight is 282 g/mol. The molecule has 0 bridgehead atoms. The SMILES string of the molecule is O=C(NCCNC(=O)C1CCCNC1)C1CCCNC1. The van der Waals surface area contributed by atoms with Gasteiger partial charge in [0.1, 0.15) is 0 Å². The van der Waals surface area contributed by atoms with Crippen LogP contribution in [0.3, 0.4) is 0 Å². The molecule has 2 fully saturated rings. The van der Waals surface area contributed by atoms with Gasteiger partial charge in [0.25, 0.3) is 0 Å². The minimum Gasteiger partial charge on any atom is -0.354 e. The summed E-state index contributed by atoms with van der Waals surface area (Å²) in [4.78, 5) is 23.7. The average Bonchev–Trinajstić information content (AvgIpc) is 2.53. The van der Waals surface area contributed by atoms with E-state index in [9.17, 15) is 9.59 Å². The van der Waals surface area contributed by atoms with Crippen LogP contribution in [-0.4, -0.2) is 51.1 Å². The fourth-order valence-corrected chi connectivity index (χ4v) is 2.81. The summed E-state index contributed by atoms with van der Waals surface area (Å²) >= 11 is 0. The Kier molecular flexibility index (Phi) is 6.26. The van der Waals surface area contributed by atoms with E-state index in [4.69, 9.17) is 0 Å². The highest BCUT2D eigenvalue weighted by molar-refractivity contribution is 5.80. The standard InChI is InChI=1S/C14H26N4O2/c19-13(11-3-1-5-15-9-11)17-7-8-18-14(20)12-4-2-6-16-10-12/h11-12,15-16H,1-10H2,(H,17,19)(H,18,20). The molecule has 2 amide bonds. The summed E-state index contributed by atoms with van der Waals surface area (Å²) < 4.78 is 0. The van der Waals surface area contributed by atoms with Crippen molar-refractivity contribution in [3.63, 3.8) is 0 Å². The number of hydrogen-bond acceptors (Lipinski definition) is 4. The Bertz CT molecular complexity index is 291. The molecule has 4 N–H and O–H groups in total. The first-order chi connectivity index (χ1) is 9.77. The van der Waals surface area contributed by atoms with Crippen molar-refractivity contribution in [3.8, 4) is 0 Å². The van der Waals surface area contributed by atoms with Crippen LogP contribution in [-0.2, 0) is 9.59 Å². The van der Waals surface area contributed by atoms with E-state index in [1.807, 2.05) is 0 Å². The van der Waals surface area contributed by atoms with Gasteiger partial charge in [0, 0.05) is 26.2 Å². The Morgan fingerprint density at radius 2 is 1.30 bits per heavy atom. The zero-order valence-corrected chi connectivity index (χ0v) is 12.0. The molecule has 0 radical (unpaired) electrons. The van der Waals surface area contributed by atoms with E-state index in [-0.39, 0.29) is 23.7 Å². The van der Waals surface area contributed by atoms with Gasteiger partial charge < -0.3 is 21.3 Å². The first-order valence-electron chi connectivity index (χ1n) is 7.74. The van der Waals surface area contributed by atoms with Crippen LogP contribution in [0.2, 0.25) is 0 Å². The van der Waals surface area contributed by atoms with Crippen molar-refractivity contribution in [2.24, 2.45) is 11.8 Å². The summed E-state index contributed by atoms with van der Waals surface area (Å²) in [5.74, 6) is 0.376. The third-order valence-corrected chi connectivity index (χ3v) is 4.06. The molecule has 0 aromatic carbocycles. The number of amides is 2. The minimum absolute atomic E-state index is 0.0852. The molecule has 2 heterocycles. The van der Waals surface area contributed by atoms with Crippen LogP contribution in [0.4, 0.5) is 0 Å². The molecule has 2 aliphatic heterocycles. The highest BCUT2D eigenvalue weighted by atomic mass is 16.2. The molecule has 0 aromatic rings. The van der Waals surface area contributed by atoms with Crippen molar-refractivity contribution in [1.29, 1.82) is 0 Å². The molecule has 6 nitrogen and oxygen atoms in total. The van der Waals surface area contributed by atoms with E-state index < -0.39 is 0 Å². The highest BCUT2D eigenvalue weighted by Gasteiger charge is 2.21. The summed E-state index contributed by atoms with van der Waals surface area (Å²) in [5, 5.41) is 12.3. The normalized spacial score (nSPS) is 26.8. The molecule has 20 heavy (non-hydrogen) atoms. The second kappa shape index (κ2) is 8.21. The van der Waals surface area contributed by atoms with Gasteiger partial charge in [-0.2, -0.15) is 0 Å². The van der Waals surface area contributed by atoms with Crippen molar-refractivity contribution in [3.05, 3.63) is 0 Å². The maximum absolute atomic E-state index is 11.9. The van der Waals surface area contributed by atoms with E-state index in [0.717, 1.165) is 51.9 Å². The Morgan fingerprint density at radius 1 is 0.850 bits per heavy atom. The molecule has 0 spiro atoms. The largest absolute Gasteiger partial charge is 0.354 e. The molecule has 114 valence electrons. The molecule has 2 aliphatic rings. The summed E-state index contributed by atoms with van der Waals surface area (Å²) in [6, 6.07) is 0. The van der Waals surface area contributed by atoms with E-state index in [1.54, 1.807) is 0 Å². The molecule has 2 unspecified atom stereocenters. The van der Waals surface area contributed by atoms with Crippen molar-refractivity contribution >= 4 is 11.8 Å². The second-order valence-electron chi connectivity index (χ2n) is 5.67. The second-order valence-corrected chi connectivity index (χ2v) is 5.67. The van der Waals surface area contributed by atoms with Gasteiger partial charge in [0.2, 0.25) is 11.8 Å². The van der Waals surface area contributed by atoms with Crippen molar-refractivity contribution in [2.75, 3.05) is 39.3 Å². The summed E-state index contributed by atoms with van der Waals surface area (Å²) in [5.41, 5.74) is 0. The fourth-order valence-electron chi connectivity index (χ4n) is 2.81. The summed E-state index contributed by atoms with van der Waals surface area (Å²) in [6.45, 7) is 4.59. The van der Waals surface area contributed by atoms with Gasteiger partial charge in [-0.25, -0.2) is 0 Å². The molecule has 2 rings (SSSR count). The van der Waals surface area contributed by atoms with E-state index in [0.29, 0.717) is 13.1 Å². The number of rotatable bonds is 5. The Labute approximate surface area is 120 Å². The lowest BCUT2D eigenvalue weighted by Gasteiger charge is -2.23. The number of nitrogens with one attached hydrogen (secondary N) is 4. The summed E-state index contributed by atoms with van der Waals surface area (Å²) in [7, 11) is 0. The van der Waals surface area contributed by atoms with Crippen molar-refractivity contribution in [1.82, 2.24) is 21.3 Å². The Morgan fingerprint density at radius 3 is 1.65 bits per heavy atom.